The van der Waals surface area contributed by atoms with Gasteiger partial charge in [-0.3, -0.25) is 0 Å². The van der Waals surface area contributed by atoms with Crippen LogP contribution in [-0.4, -0.2) is 0 Å². The zero-order chi connectivity index (χ0) is 13.4. The Labute approximate surface area is 110 Å². The second-order valence-corrected chi connectivity index (χ2v) is 3.33. The van der Waals surface area contributed by atoms with E-state index in [9.17, 15) is 0 Å². The van der Waals surface area contributed by atoms with Crippen LogP contribution in [0.4, 0.5) is 0 Å². The van der Waals surface area contributed by atoms with Gasteiger partial charge in [0.25, 0.3) is 0 Å². The summed E-state index contributed by atoms with van der Waals surface area (Å²) >= 11 is 0. The summed E-state index contributed by atoms with van der Waals surface area (Å²) in [6.07, 6.45) is 0. The summed E-state index contributed by atoms with van der Waals surface area (Å²) in [6, 6.07) is 4.96. The average Bonchev–Trinajstić information content (AvgIpc) is 2.37. The number of hydrogen-bond donors (Lipinski definition) is 0. The highest BCUT2D eigenvalue weighted by Gasteiger charge is 2.08. The lowest BCUT2D eigenvalue weighted by atomic mass is 9.96. The lowest BCUT2D eigenvalue weighted by molar-refractivity contribution is 1.49. The van der Waals surface area contributed by atoms with Crippen LogP contribution in [0.3, 0.4) is 0 Å². The largest absolute Gasteiger partial charge is 0.101 e. The molecule has 0 nitrogen and oxygen atoms in total. The van der Waals surface area contributed by atoms with Gasteiger partial charge >= 0.3 is 0 Å². The number of benzene rings is 1. The highest BCUT2D eigenvalue weighted by atomic mass is 14.1. The molecule has 0 unspecified atom stereocenters. The highest BCUT2D eigenvalue weighted by molar-refractivity contribution is 5.64. The predicted octanol–water partition coefficient (Wildman–Crippen LogP) is 2.97. The van der Waals surface area contributed by atoms with Gasteiger partial charge in [0.1, 0.15) is 0 Å². The number of hydrogen-bond acceptors (Lipinski definition) is 0. The van der Waals surface area contributed by atoms with E-state index in [0.717, 1.165) is 22.3 Å². The smallest absolute Gasteiger partial charge is 0.0577 e. The summed E-state index contributed by atoms with van der Waals surface area (Å²) in [5, 5.41) is 0. The van der Waals surface area contributed by atoms with Crippen molar-refractivity contribution in [2.45, 2.75) is 27.7 Å². The Hall–Kier alpha value is -2.54. The third-order valence-corrected chi connectivity index (χ3v) is 2.14. The van der Waals surface area contributed by atoms with Crippen LogP contribution in [0.2, 0.25) is 0 Å². The molecule has 0 aromatic heterocycles. The van der Waals surface area contributed by atoms with Crippen LogP contribution in [0, 0.1) is 53.4 Å². The Morgan fingerprint density at radius 3 is 1.83 bits per heavy atom. The Morgan fingerprint density at radius 1 is 0.722 bits per heavy atom. The van der Waals surface area contributed by atoms with Crippen LogP contribution in [0.5, 0.6) is 0 Å². The molecular formula is C18H13. The molecule has 0 aliphatic carbocycles. The van der Waals surface area contributed by atoms with E-state index in [-0.39, 0.29) is 0 Å². The van der Waals surface area contributed by atoms with E-state index < -0.39 is 0 Å². The van der Waals surface area contributed by atoms with Crippen LogP contribution in [0.1, 0.15) is 49.9 Å². The summed E-state index contributed by atoms with van der Waals surface area (Å²) in [4.78, 5) is 0. The summed E-state index contributed by atoms with van der Waals surface area (Å²) in [5.41, 5.74) is 3.30. The van der Waals surface area contributed by atoms with Crippen LogP contribution in [0.15, 0.2) is 6.07 Å². The maximum atomic E-state index is 3.13. The first-order valence-corrected chi connectivity index (χ1v) is 5.58. The molecule has 0 bridgehead atoms. The van der Waals surface area contributed by atoms with Gasteiger partial charge in [0.2, 0.25) is 0 Å². The van der Waals surface area contributed by atoms with E-state index >= 15 is 0 Å². The molecular weight excluding hydrogens is 216 g/mol. The first-order valence-electron chi connectivity index (χ1n) is 5.58. The van der Waals surface area contributed by atoms with Crippen molar-refractivity contribution >= 4 is 0 Å². The Morgan fingerprint density at radius 2 is 1.28 bits per heavy atom. The zero-order valence-corrected chi connectivity index (χ0v) is 11.1. The number of rotatable bonds is 0. The van der Waals surface area contributed by atoms with E-state index in [1.165, 1.54) is 0 Å². The van der Waals surface area contributed by atoms with E-state index in [1.807, 2.05) is 6.07 Å². The summed E-state index contributed by atoms with van der Waals surface area (Å²) in [7, 11) is 0. The van der Waals surface area contributed by atoms with Crippen LogP contribution in [-0.2, 0) is 0 Å². The minimum atomic E-state index is 0.784. The fourth-order valence-electron chi connectivity index (χ4n) is 1.51. The van der Waals surface area contributed by atoms with Gasteiger partial charge in [-0.2, -0.15) is 0 Å². The maximum absolute atomic E-state index is 3.13. The normalized spacial score (nSPS) is 7.33. The minimum Gasteiger partial charge on any atom is -0.101 e. The third kappa shape index (κ3) is 2.98. The maximum Gasteiger partial charge on any atom is 0.0577 e. The monoisotopic (exact) mass is 229 g/mol. The molecule has 0 aliphatic heterocycles. The van der Waals surface area contributed by atoms with E-state index in [4.69, 9.17) is 0 Å². The molecule has 1 radical (unpaired) electrons. The topological polar surface area (TPSA) is 0 Å². The van der Waals surface area contributed by atoms with Gasteiger partial charge in [0.05, 0.1) is 11.1 Å². The van der Waals surface area contributed by atoms with E-state index in [2.05, 4.69) is 53.4 Å². The molecule has 0 fully saturated rings. The Balaban J connectivity index is 3.73. The van der Waals surface area contributed by atoms with Gasteiger partial charge in [0.15, 0.2) is 0 Å². The van der Waals surface area contributed by atoms with Crippen LogP contribution >= 0.6 is 0 Å². The lowest BCUT2D eigenvalue weighted by Crippen LogP contribution is -1.95. The molecule has 18 heavy (non-hydrogen) atoms. The molecule has 0 aliphatic rings. The second kappa shape index (κ2) is 6.92. The van der Waals surface area contributed by atoms with Crippen molar-refractivity contribution in [3.8, 4) is 47.4 Å². The molecule has 0 spiro atoms. The summed E-state index contributed by atoms with van der Waals surface area (Å²) in [6.45, 7) is 7.19. The average molecular weight is 229 g/mol. The summed E-state index contributed by atoms with van der Waals surface area (Å²) < 4.78 is 0. The standard InChI is InChI=1S/C18H13/c1-5-9-15-13-14-16(10-6-2)18(12-8-4)17(15)11-7-3/h13H,1-4H3. The van der Waals surface area contributed by atoms with Crippen molar-refractivity contribution in [1.29, 1.82) is 0 Å². The van der Waals surface area contributed by atoms with Crippen molar-refractivity contribution in [2.75, 3.05) is 0 Å². The van der Waals surface area contributed by atoms with Crippen LogP contribution in [0.25, 0.3) is 0 Å². The quantitative estimate of drug-likeness (QED) is 0.600. The van der Waals surface area contributed by atoms with E-state index in [1.54, 1.807) is 27.7 Å². The van der Waals surface area contributed by atoms with Gasteiger partial charge < -0.3 is 0 Å². The summed E-state index contributed by atoms with van der Waals surface area (Å²) in [5.74, 6) is 23.7. The van der Waals surface area contributed by atoms with Gasteiger partial charge in [-0.1, -0.05) is 23.7 Å². The predicted molar refractivity (Wildman–Crippen MR) is 75.5 cm³/mol. The zero-order valence-electron chi connectivity index (χ0n) is 11.1. The molecule has 0 amide bonds. The molecule has 0 saturated carbocycles. The molecule has 0 N–H and O–H groups in total. The molecule has 1 rings (SSSR count). The van der Waals surface area contributed by atoms with Gasteiger partial charge in [-0.25, -0.2) is 0 Å². The van der Waals surface area contributed by atoms with Gasteiger partial charge in [0, 0.05) is 17.2 Å². The molecule has 1 aromatic rings. The molecule has 85 valence electrons. The fraction of sp³-hybridized carbons (Fsp3) is 0.222. The van der Waals surface area contributed by atoms with Crippen molar-refractivity contribution in [3.63, 3.8) is 0 Å². The molecule has 0 saturated heterocycles. The van der Waals surface area contributed by atoms with E-state index in [0.29, 0.717) is 0 Å². The minimum absolute atomic E-state index is 0.784. The molecule has 0 heterocycles. The van der Waals surface area contributed by atoms with Crippen molar-refractivity contribution in [2.24, 2.45) is 0 Å². The van der Waals surface area contributed by atoms with Crippen molar-refractivity contribution in [1.82, 2.24) is 0 Å². The first kappa shape index (κ1) is 13.5. The Bertz CT molecular complexity index is 625. The highest BCUT2D eigenvalue weighted by Crippen LogP contribution is 2.17. The van der Waals surface area contributed by atoms with Crippen LogP contribution < -0.4 is 0 Å². The molecule has 0 atom stereocenters. The fourth-order valence-corrected chi connectivity index (χ4v) is 1.51. The molecule has 0 heteroatoms. The Kier molecular flexibility index (Phi) is 5.20. The van der Waals surface area contributed by atoms with Gasteiger partial charge in [-0.05, 0) is 33.8 Å². The van der Waals surface area contributed by atoms with Crippen molar-refractivity contribution in [3.05, 3.63) is 34.4 Å². The second-order valence-electron chi connectivity index (χ2n) is 3.33. The molecule has 1 aromatic carbocycles. The third-order valence-electron chi connectivity index (χ3n) is 2.14. The lowest BCUT2D eigenvalue weighted by Gasteiger charge is -2.03. The SMILES string of the molecule is CC#Cc1[c]cc(C#CC)c(C#CC)c1C#CC. The first-order chi connectivity index (χ1) is 8.78. The van der Waals surface area contributed by atoms with Crippen molar-refractivity contribution < 1.29 is 0 Å². The van der Waals surface area contributed by atoms with Gasteiger partial charge in [-0.15, -0.1) is 23.7 Å².